The topological polar surface area (TPSA) is 29.5 Å². The zero-order valence-electron chi connectivity index (χ0n) is 12.4. The Bertz CT molecular complexity index is 385. The van der Waals surface area contributed by atoms with Gasteiger partial charge in [0.2, 0.25) is 0 Å². The summed E-state index contributed by atoms with van der Waals surface area (Å²) in [5.74, 6) is 0. The minimum atomic E-state index is -0.447. The summed E-state index contributed by atoms with van der Waals surface area (Å²) in [5.41, 5.74) is -0.464. The molecule has 0 aromatic rings. The highest BCUT2D eigenvalue weighted by Crippen LogP contribution is 2.59. The van der Waals surface area contributed by atoms with Crippen LogP contribution in [0.3, 0.4) is 0 Å². The van der Waals surface area contributed by atoms with Gasteiger partial charge >= 0.3 is 6.09 Å². The first-order chi connectivity index (χ1) is 8.77. The summed E-state index contributed by atoms with van der Waals surface area (Å²) in [4.78, 5) is 14.1. The van der Waals surface area contributed by atoms with Crippen LogP contribution in [0, 0.1) is 10.8 Å². The van der Waals surface area contributed by atoms with E-state index in [4.69, 9.17) is 4.74 Å². The highest BCUT2D eigenvalue weighted by molar-refractivity contribution is 5.69. The van der Waals surface area contributed by atoms with Crippen molar-refractivity contribution >= 4 is 6.09 Å². The van der Waals surface area contributed by atoms with Crippen molar-refractivity contribution in [3.05, 3.63) is 25.3 Å². The first kappa shape index (κ1) is 14.2. The summed E-state index contributed by atoms with van der Waals surface area (Å²) in [7, 11) is 0. The average molecular weight is 263 g/mol. The zero-order chi connectivity index (χ0) is 14.3. The van der Waals surface area contributed by atoms with Crippen molar-refractivity contribution in [2.24, 2.45) is 10.8 Å². The van der Waals surface area contributed by atoms with Crippen molar-refractivity contribution in [2.75, 3.05) is 13.1 Å². The van der Waals surface area contributed by atoms with Crippen molar-refractivity contribution in [3.63, 3.8) is 0 Å². The Labute approximate surface area is 116 Å². The molecule has 0 N–H and O–H groups in total. The van der Waals surface area contributed by atoms with Gasteiger partial charge < -0.3 is 9.64 Å². The molecule has 3 heteroatoms. The number of fused-ring (bicyclic) bond motifs is 1. The highest BCUT2D eigenvalue weighted by atomic mass is 16.6. The van der Waals surface area contributed by atoms with E-state index in [-0.39, 0.29) is 16.9 Å². The number of amides is 1. The third kappa shape index (κ3) is 2.19. The molecule has 1 aliphatic carbocycles. The van der Waals surface area contributed by atoms with E-state index < -0.39 is 5.60 Å². The normalized spacial score (nSPS) is 33.9. The van der Waals surface area contributed by atoms with Crippen LogP contribution in [0.4, 0.5) is 4.79 Å². The molecule has 3 nitrogen and oxygen atoms in total. The standard InChI is InChI=1S/C16H25NO2/c1-6-15-9-8-10-16(15,7-2)12-17(11-15)13(18)19-14(3,4)5/h6-7H,1-2,8-12H2,3-5H3/t15-,16+. The van der Waals surface area contributed by atoms with Gasteiger partial charge in [-0.2, -0.15) is 0 Å². The fourth-order valence-corrected chi connectivity index (χ4v) is 3.62. The van der Waals surface area contributed by atoms with Gasteiger partial charge in [0.1, 0.15) is 5.60 Å². The molecule has 2 fully saturated rings. The molecule has 1 saturated carbocycles. The first-order valence-corrected chi connectivity index (χ1v) is 7.03. The van der Waals surface area contributed by atoms with Gasteiger partial charge in [-0.05, 0) is 33.6 Å². The van der Waals surface area contributed by atoms with Crippen molar-refractivity contribution in [1.82, 2.24) is 4.90 Å². The number of hydrogen-bond acceptors (Lipinski definition) is 2. The number of ether oxygens (including phenoxy) is 1. The molecule has 0 aromatic carbocycles. The second-order valence-electron chi connectivity index (χ2n) is 6.91. The number of carbonyl (C=O) groups excluding carboxylic acids is 1. The van der Waals surface area contributed by atoms with Crippen LogP contribution in [0.25, 0.3) is 0 Å². The number of nitrogens with zero attached hydrogens (tertiary/aromatic N) is 1. The van der Waals surface area contributed by atoms with Gasteiger partial charge in [-0.1, -0.05) is 18.6 Å². The van der Waals surface area contributed by atoms with Crippen molar-refractivity contribution < 1.29 is 9.53 Å². The fraction of sp³-hybridized carbons (Fsp3) is 0.688. The summed E-state index contributed by atoms with van der Waals surface area (Å²) in [6, 6.07) is 0. The monoisotopic (exact) mass is 263 g/mol. The maximum absolute atomic E-state index is 12.2. The largest absolute Gasteiger partial charge is 0.444 e. The van der Waals surface area contributed by atoms with Crippen LogP contribution in [-0.4, -0.2) is 29.7 Å². The second-order valence-corrected chi connectivity index (χ2v) is 6.91. The SMILES string of the molecule is C=C[C@@]12CCC[C@]1(C=C)CN(C(=O)OC(C)(C)C)C2. The summed E-state index contributed by atoms with van der Waals surface area (Å²) in [6.45, 7) is 15.1. The van der Waals surface area contributed by atoms with Gasteiger partial charge in [0.15, 0.2) is 0 Å². The predicted octanol–water partition coefficient (Wildman–Crippen LogP) is 3.77. The molecule has 2 atom stereocenters. The summed E-state index contributed by atoms with van der Waals surface area (Å²) in [6.07, 6.45) is 7.20. The van der Waals surface area contributed by atoms with Crippen LogP contribution in [0.15, 0.2) is 25.3 Å². The Hall–Kier alpha value is -1.25. The van der Waals surface area contributed by atoms with Crippen LogP contribution >= 0.6 is 0 Å². The van der Waals surface area contributed by atoms with Gasteiger partial charge in [-0.3, -0.25) is 0 Å². The lowest BCUT2D eigenvalue weighted by Gasteiger charge is -2.33. The molecule has 1 saturated heterocycles. The molecule has 2 rings (SSSR count). The van der Waals surface area contributed by atoms with Crippen LogP contribution in [-0.2, 0) is 4.74 Å². The molecule has 1 aliphatic heterocycles. The van der Waals surface area contributed by atoms with Crippen LogP contribution < -0.4 is 0 Å². The molecule has 0 spiro atoms. The summed E-state index contributed by atoms with van der Waals surface area (Å²) < 4.78 is 5.48. The van der Waals surface area contributed by atoms with Crippen molar-refractivity contribution in [3.8, 4) is 0 Å². The van der Waals surface area contributed by atoms with Crippen molar-refractivity contribution in [2.45, 2.75) is 45.6 Å². The number of hydrogen-bond donors (Lipinski definition) is 0. The average Bonchev–Trinajstić information content (AvgIpc) is 2.78. The van der Waals surface area contributed by atoms with Crippen LogP contribution in [0.2, 0.25) is 0 Å². The Morgan fingerprint density at radius 3 is 2.00 bits per heavy atom. The molecule has 19 heavy (non-hydrogen) atoms. The van der Waals surface area contributed by atoms with E-state index in [1.165, 1.54) is 6.42 Å². The number of rotatable bonds is 2. The van der Waals surface area contributed by atoms with Crippen molar-refractivity contribution in [1.29, 1.82) is 0 Å². The lowest BCUT2D eigenvalue weighted by molar-refractivity contribution is 0.0270. The molecule has 0 radical (unpaired) electrons. The smallest absolute Gasteiger partial charge is 0.410 e. The lowest BCUT2D eigenvalue weighted by atomic mass is 9.68. The molecule has 1 heterocycles. The minimum absolute atomic E-state index is 0.00828. The number of carbonyl (C=O) groups is 1. The maximum atomic E-state index is 12.2. The van der Waals surface area contributed by atoms with E-state index in [1.54, 1.807) is 0 Å². The van der Waals surface area contributed by atoms with Gasteiger partial charge in [0.05, 0.1) is 0 Å². The molecular formula is C16H25NO2. The minimum Gasteiger partial charge on any atom is -0.444 e. The fourth-order valence-electron chi connectivity index (χ4n) is 3.62. The molecular weight excluding hydrogens is 238 g/mol. The van der Waals surface area contributed by atoms with E-state index in [2.05, 4.69) is 13.2 Å². The van der Waals surface area contributed by atoms with E-state index in [9.17, 15) is 4.79 Å². The van der Waals surface area contributed by atoms with Gasteiger partial charge in [-0.15, -0.1) is 13.2 Å². The van der Waals surface area contributed by atoms with E-state index in [1.807, 2.05) is 37.8 Å². The third-order valence-electron chi connectivity index (χ3n) is 4.62. The maximum Gasteiger partial charge on any atom is 0.410 e. The Balaban J connectivity index is 2.20. The first-order valence-electron chi connectivity index (χ1n) is 7.03. The van der Waals surface area contributed by atoms with E-state index in [0.29, 0.717) is 13.1 Å². The molecule has 0 unspecified atom stereocenters. The van der Waals surface area contributed by atoms with Crippen LogP contribution in [0.5, 0.6) is 0 Å². The highest BCUT2D eigenvalue weighted by Gasteiger charge is 2.58. The summed E-state index contributed by atoms with van der Waals surface area (Å²) in [5, 5.41) is 0. The Kier molecular flexibility index (Phi) is 3.28. The number of likely N-dealkylation sites (tertiary alicyclic amines) is 1. The lowest BCUT2D eigenvalue weighted by Crippen LogP contribution is -2.36. The Morgan fingerprint density at radius 1 is 1.16 bits per heavy atom. The Morgan fingerprint density at radius 2 is 1.63 bits per heavy atom. The van der Waals surface area contributed by atoms with Gasteiger partial charge in [-0.25, -0.2) is 4.79 Å². The van der Waals surface area contributed by atoms with Gasteiger partial charge in [0.25, 0.3) is 0 Å². The third-order valence-corrected chi connectivity index (χ3v) is 4.62. The van der Waals surface area contributed by atoms with E-state index >= 15 is 0 Å². The zero-order valence-corrected chi connectivity index (χ0v) is 12.4. The molecule has 106 valence electrons. The van der Waals surface area contributed by atoms with Gasteiger partial charge in [0, 0.05) is 23.9 Å². The molecule has 1 amide bonds. The quantitative estimate of drug-likeness (QED) is 0.710. The predicted molar refractivity (Wildman–Crippen MR) is 76.9 cm³/mol. The summed E-state index contributed by atoms with van der Waals surface area (Å²) >= 11 is 0. The molecule has 0 bridgehead atoms. The molecule has 2 aliphatic rings. The molecule has 0 aromatic heterocycles. The van der Waals surface area contributed by atoms with E-state index in [0.717, 1.165) is 12.8 Å². The second kappa shape index (κ2) is 4.39. The van der Waals surface area contributed by atoms with Crippen LogP contribution in [0.1, 0.15) is 40.0 Å².